The Morgan fingerprint density at radius 3 is 2.91 bits per heavy atom. The fourth-order valence-electron chi connectivity index (χ4n) is 4.08. The maximum atomic E-state index is 13.1. The monoisotopic (exact) mass is 509 g/mol. The number of hydrogen-bond acceptors (Lipinski definition) is 5. The third-order valence-corrected chi connectivity index (χ3v) is 7.36. The Labute approximate surface area is 197 Å². The van der Waals surface area contributed by atoms with E-state index in [9.17, 15) is 9.59 Å². The first-order valence-electron chi connectivity index (χ1n) is 10.3. The van der Waals surface area contributed by atoms with Crippen molar-refractivity contribution in [1.82, 2.24) is 10.3 Å². The molecule has 0 aliphatic heterocycles. The zero-order chi connectivity index (χ0) is 22.2. The molecule has 0 fully saturated rings. The normalized spacial score (nSPS) is 12.7. The molecule has 4 aromatic rings. The number of furan rings is 1. The number of nitrogens with zero attached hydrogens (tertiary/aromatic N) is 1. The molecule has 0 saturated carbocycles. The molecule has 32 heavy (non-hydrogen) atoms. The lowest BCUT2D eigenvalue weighted by Crippen LogP contribution is -2.25. The molecule has 0 bridgehead atoms. The van der Waals surface area contributed by atoms with Gasteiger partial charge in [-0.25, -0.2) is 0 Å². The molecule has 0 spiro atoms. The van der Waals surface area contributed by atoms with Crippen molar-refractivity contribution in [2.45, 2.75) is 32.7 Å². The number of halogens is 1. The maximum Gasteiger partial charge on any atom is 0.292 e. The van der Waals surface area contributed by atoms with Crippen LogP contribution in [0.4, 0.5) is 5.00 Å². The van der Waals surface area contributed by atoms with E-state index < -0.39 is 0 Å². The first-order valence-corrected chi connectivity index (χ1v) is 11.9. The minimum Gasteiger partial charge on any atom is -0.451 e. The molecule has 0 atom stereocenters. The van der Waals surface area contributed by atoms with Crippen LogP contribution in [0.2, 0.25) is 0 Å². The van der Waals surface area contributed by atoms with Crippen LogP contribution in [0.1, 0.15) is 48.9 Å². The Hall–Kier alpha value is -2.97. The van der Waals surface area contributed by atoms with E-state index in [0.29, 0.717) is 22.7 Å². The molecule has 8 heteroatoms. The fourth-order valence-corrected chi connectivity index (χ4v) is 5.70. The lowest BCUT2D eigenvalue weighted by Gasteiger charge is -2.09. The average molecular weight is 510 g/mol. The Balaban J connectivity index is 1.42. The van der Waals surface area contributed by atoms with Crippen molar-refractivity contribution in [3.05, 3.63) is 80.1 Å². The highest BCUT2D eigenvalue weighted by atomic mass is 79.9. The Kier molecular flexibility index (Phi) is 5.57. The summed E-state index contributed by atoms with van der Waals surface area (Å²) in [5.74, 6) is -0.279. The predicted molar refractivity (Wildman–Crippen MR) is 128 cm³/mol. The molecule has 3 aromatic heterocycles. The van der Waals surface area contributed by atoms with Crippen molar-refractivity contribution in [2.24, 2.45) is 0 Å². The highest BCUT2D eigenvalue weighted by Crippen LogP contribution is 2.39. The first kappa shape index (κ1) is 20.9. The first-order chi connectivity index (χ1) is 15.5. The van der Waals surface area contributed by atoms with E-state index in [4.69, 9.17) is 4.42 Å². The van der Waals surface area contributed by atoms with E-state index >= 15 is 0 Å². The van der Waals surface area contributed by atoms with Gasteiger partial charge in [0.15, 0.2) is 5.76 Å². The number of pyridine rings is 1. The van der Waals surface area contributed by atoms with Gasteiger partial charge in [0.2, 0.25) is 0 Å². The van der Waals surface area contributed by atoms with Crippen LogP contribution in [0.3, 0.4) is 0 Å². The molecule has 2 amide bonds. The number of carbonyl (C=O) groups is 2. The fraction of sp³-hybridized carbons (Fsp3) is 0.208. The van der Waals surface area contributed by atoms with Gasteiger partial charge < -0.3 is 15.1 Å². The Morgan fingerprint density at radius 1 is 1.22 bits per heavy atom. The number of aromatic nitrogens is 1. The Bertz CT molecular complexity index is 1340. The van der Waals surface area contributed by atoms with Crippen LogP contribution in [0.25, 0.3) is 11.0 Å². The number of rotatable bonds is 5. The predicted octanol–water partition coefficient (Wildman–Crippen LogP) is 5.63. The molecule has 1 aliphatic carbocycles. The van der Waals surface area contributed by atoms with E-state index in [1.54, 1.807) is 12.4 Å². The van der Waals surface area contributed by atoms with Gasteiger partial charge in [-0.05, 0) is 61.6 Å². The standard InChI is InChI=1S/C24H20BrN3O3S/c1-13-16-8-7-15(25)10-18(16)31-21(13)23(30)28-24-20(17-5-2-6-19(17)32-24)22(29)27-12-14-4-3-9-26-11-14/h3-4,7-11H,2,5-6,12H2,1H3,(H,27,29)(H,28,30). The van der Waals surface area contributed by atoms with Crippen molar-refractivity contribution < 1.29 is 14.0 Å². The minimum atomic E-state index is -0.351. The van der Waals surface area contributed by atoms with Crippen LogP contribution in [0.5, 0.6) is 0 Å². The molecule has 1 aliphatic rings. The van der Waals surface area contributed by atoms with E-state index in [2.05, 4.69) is 31.5 Å². The van der Waals surface area contributed by atoms with Crippen LogP contribution in [0, 0.1) is 6.92 Å². The second-order valence-corrected chi connectivity index (χ2v) is 9.78. The number of carbonyl (C=O) groups excluding carboxylic acids is 2. The smallest absolute Gasteiger partial charge is 0.292 e. The number of amides is 2. The van der Waals surface area contributed by atoms with E-state index in [1.807, 2.05) is 37.3 Å². The van der Waals surface area contributed by atoms with Crippen molar-refractivity contribution in [2.75, 3.05) is 5.32 Å². The summed E-state index contributed by atoms with van der Waals surface area (Å²) >= 11 is 4.91. The number of benzene rings is 1. The molecule has 0 radical (unpaired) electrons. The van der Waals surface area contributed by atoms with Gasteiger partial charge in [-0.15, -0.1) is 11.3 Å². The quantitative estimate of drug-likeness (QED) is 0.365. The van der Waals surface area contributed by atoms with Gasteiger partial charge in [0.25, 0.3) is 11.8 Å². The maximum absolute atomic E-state index is 13.1. The van der Waals surface area contributed by atoms with E-state index in [1.165, 1.54) is 11.3 Å². The van der Waals surface area contributed by atoms with Crippen molar-refractivity contribution in [3.63, 3.8) is 0 Å². The van der Waals surface area contributed by atoms with Crippen LogP contribution in [-0.4, -0.2) is 16.8 Å². The van der Waals surface area contributed by atoms with Crippen molar-refractivity contribution in [3.8, 4) is 0 Å². The molecular formula is C24H20BrN3O3S. The van der Waals surface area contributed by atoms with Crippen molar-refractivity contribution in [1.29, 1.82) is 0 Å². The van der Waals surface area contributed by atoms with Gasteiger partial charge in [-0.2, -0.15) is 0 Å². The second kappa shape index (κ2) is 8.52. The molecule has 6 nitrogen and oxygen atoms in total. The molecule has 1 aromatic carbocycles. The summed E-state index contributed by atoms with van der Waals surface area (Å²) < 4.78 is 6.73. The van der Waals surface area contributed by atoms with Gasteiger partial charge in [-0.3, -0.25) is 14.6 Å². The molecule has 5 rings (SSSR count). The molecule has 0 saturated heterocycles. The van der Waals surface area contributed by atoms with Gasteiger partial charge >= 0.3 is 0 Å². The lowest BCUT2D eigenvalue weighted by atomic mass is 10.1. The third kappa shape index (κ3) is 3.84. The number of anilines is 1. The number of aryl methyl sites for hydroxylation is 2. The highest BCUT2D eigenvalue weighted by molar-refractivity contribution is 9.10. The molecule has 0 unspecified atom stereocenters. The molecule has 3 heterocycles. The zero-order valence-electron chi connectivity index (χ0n) is 17.3. The van der Waals surface area contributed by atoms with Crippen LogP contribution in [0.15, 0.2) is 51.6 Å². The number of nitrogens with one attached hydrogen (secondary N) is 2. The third-order valence-electron chi connectivity index (χ3n) is 5.66. The number of thiophene rings is 1. The topological polar surface area (TPSA) is 84.2 Å². The molecule has 2 N–H and O–H groups in total. The van der Waals surface area contributed by atoms with Crippen molar-refractivity contribution >= 4 is 55.1 Å². The van der Waals surface area contributed by atoms with Crippen LogP contribution >= 0.6 is 27.3 Å². The summed E-state index contributed by atoms with van der Waals surface area (Å²) in [5, 5.41) is 7.39. The van der Waals surface area contributed by atoms with E-state index in [0.717, 1.165) is 50.7 Å². The van der Waals surface area contributed by atoms with Gasteiger partial charge in [0.05, 0.1) is 5.56 Å². The van der Waals surface area contributed by atoms with Crippen LogP contribution < -0.4 is 10.6 Å². The number of fused-ring (bicyclic) bond motifs is 2. The van der Waals surface area contributed by atoms with Crippen LogP contribution in [-0.2, 0) is 19.4 Å². The number of hydrogen-bond donors (Lipinski definition) is 2. The average Bonchev–Trinajstić information content (AvgIpc) is 3.45. The minimum absolute atomic E-state index is 0.186. The zero-order valence-corrected chi connectivity index (χ0v) is 19.7. The second-order valence-electron chi connectivity index (χ2n) is 7.76. The molecule has 162 valence electrons. The van der Waals surface area contributed by atoms with E-state index in [-0.39, 0.29) is 17.6 Å². The summed E-state index contributed by atoms with van der Waals surface area (Å²) in [4.78, 5) is 31.5. The lowest BCUT2D eigenvalue weighted by molar-refractivity contribution is 0.0951. The summed E-state index contributed by atoms with van der Waals surface area (Å²) in [7, 11) is 0. The van der Waals surface area contributed by atoms with Gasteiger partial charge in [0, 0.05) is 39.2 Å². The highest BCUT2D eigenvalue weighted by Gasteiger charge is 2.28. The summed E-state index contributed by atoms with van der Waals surface area (Å²) in [6.45, 7) is 2.24. The largest absolute Gasteiger partial charge is 0.451 e. The summed E-state index contributed by atoms with van der Waals surface area (Å²) in [6, 6.07) is 9.43. The van der Waals surface area contributed by atoms with Gasteiger partial charge in [-0.1, -0.05) is 22.0 Å². The summed E-state index contributed by atoms with van der Waals surface area (Å²) in [5.41, 5.74) is 3.94. The molecular weight excluding hydrogens is 490 g/mol. The summed E-state index contributed by atoms with van der Waals surface area (Å²) in [6.07, 6.45) is 6.22. The SMILES string of the molecule is Cc1c(C(=O)Nc2sc3c(c2C(=O)NCc2cccnc2)CCC3)oc2cc(Br)ccc12. The Morgan fingerprint density at radius 2 is 2.09 bits per heavy atom. The van der Waals surface area contributed by atoms with Gasteiger partial charge in [0.1, 0.15) is 10.6 Å².